The number of fused-ring (bicyclic) bond motifs is 6. The van der Waals surface area contributed by atoms with E-state index < -0.39 is 23.3 Å². The Morgan fingerprint density at radius 1 is 0.865 bits per heavy atom. The zero-order valence-corrected chi connectivity index (χ0v) is 18.9. The molecule has 2 aliphatic rings. The molecule has 0 saturated carbocycles. The van der Waals surface area contributed by atoms with E-state index in [0.717, 1.165) is 0 Å². The summed E-state index contributed by atoms with van der Waals surface area (Å²) in [5.41, 5.74) is 7.54. The van der Waals surface area contributed by atoms with Crippen LogP contribution >= 0.6 is 0 Å². The van der Waals surface area contributed by atoms with Crippen LogP contribution in [0.15, 0.2) is 84.2 Å². The van der Waals surface area contributed by atoms with E-state index in [4.69, 9.17) is 20.4 Å². The minimum atomic E-state index is -1.41. The summed E-state index contributed by atoms with van der Waals surface area (Å²) in [6.45, 7) is 0. The van der Waals surface area contributed by atoms with Crippen molar-refractivity contribution in [2.45, 2.75) is 5.54 Å². The lowest BCUT2D eigenvalue weighted by Crippen LogP contribution is -2.31. The van der Waals surface area contributed by atoms with Gasteiger partial charge in [0.1, 0.15) is 5.75 Å². The fourth-order valence-corrected chi connectivity index (χ4v) is 4.97. The summed E-state index contributed by atoms with van der Waals surface area (Å²) in [6.07, 6.45) is 4.34. The largest absolute Gasteiger partial charge is 0.453 e. The Morgan fingerprint density at radius 3 is 2.59 bits per heavy atom. The number of rotatable bonds is 2. The number of nitrogens with two attached hydrogens (primary N) is 1. The van der Waals surface area contributed by atoms with E-state index in [1.807, 2.05) is 0 Å². The van der Waals surface area contributed by atoms with Gasteiger partial charge in [0.15, 0.2) is 22.9 Å². The third kappa shape index (κ3) is 2.95. The average Bonchev–Trinajstić information content (AvgIpc) is 3.45. The van der Waals surface area contributed by atoms with Crippen LogP contribution in [0.3, 0.4) is 0 Å². The molecule has 1 spiro atoms. The van der Waals surface area contributed by atoms with E-state index in [1.165, 1.54) is 24.5 Å². The number of aliphatic imine (C=N–C) groups is 1. The van der Waals surface area contributed by atoms with Gasteiger partial charge in [-0.25, -0.2) is 24.3 Å². The highest BCUT2D eigenvalue weighted by molar-refractivity contribution is 5.88. The molecular weight excluding hydrogens is 481 g/mol. The SMILES string of the molecule is NC1=N[C@]2(c3cc(-c4cccnc4F)ccc3Oc3c(F)cccc32)c2nc(-c3ccnc(F)c3)cn21. The van der Waals surface area contributed by atoms with Crippen molar-refractivity contribution in [2.75, 3.05) is 0 Å². The van der Waals surface area contributed by atoms with Gasteiger partial charge in [0.25, 0.3) is 0 Å². The lowest BCUT2D eigenvalue weighted by Gasteiger charge is -2.34. The highest BCUT2D eigenvalue weighted by Crippen LogP contribution is 2.55. The number of para-hydroxylation sites is 1. The average molecular weight is 496 g/mol. The number of benzene rings is 2. The van der Waals surface area contributed by atoms with E-state index in [0.29, 0.717) is 39.5 Å². The van der Waals surface area contributed by atoms with Gasteiger partial charge in [0.2, 0.25) is 17.9 Å². The monoisotopic (exact) mass is 496 g/mol. The summed E-state index contributed by atoms with van der Waals surface area (Å²) in [7, 11) is 0. The Labute approximate surface area is 207 Å². The maximum atomic E-state index is 15.0. The van der Waals surface area contributed by atoms with Crippen LogP contribution in [0, 0.1) is 17.7 Å². The Balaban J connectivity index is 1.53. The first-order valence-corrected chi connectivity index (χ1v) is 11.3. The third-order valence-electron chi connectivity index (χ3n) is 6.59. The topological polar surface area (TPSA) is 91.2 Å². The number of nitrogens with zero attached hydrogens (tertiary/aromatic N) is 5. The standard InChI is InChI=1S/C27H15F3N6O/c28-19-5-1-4-17-23(19)37-21-7-6-14(16-3-2-9-33-24(16)30)11-18(21)27(17)25-34-20(13-36(25)26(31)35-27)15-8-10-32-22(29)12-15/h1-13H,(H2,31,35)/t27-/m1/s1. The van der Waals surface area contributed by atoms with Crippen molar-refractivity contribution in [3.63, 3.8) is 0 Å². The van der Waals surface area contributed by atoms with Gasteiger partial charge in [-0.3, -0.25) is 4.57 Å². The first kappa shape index (κ1) is 21.3. The van der Waals surface area contributed by atoms with Crippen LogP contribution in [0.1, 0.15) is 17.0 Å². The molecule has 2 aromatic carbocycles. The maximum Gasteiger partial charge on any atom is 0.220 e. The Morgan fingerprint density at radius 2 is 1.76 bits per heavy atom. The molecule has 7 nitrogen and oxygen atoms in total. The van der Waals surface area contributed by atoms with E-state index in [-0.39, 0.29) is 17.3 Å². The predicted octanol–water partition coefficient (Wildman–Crippen LogP) is 5.00. The summed E-state index contributed by atoms with van der Waals surface area (Å²) in [4.78, 5) is 16.9. The summed E-state index contributed by atoms with van der Waals surface area (Å²) in [5, 5.41) is 0. The first-order valence-electron chi connectivity index (χ1n) is 11.3. The number of pyridine rings is 2. The van der Waals surface area contributed by atoms with Crippen molar-refractivity contribution in [3.05, 3.63) is 114 Å². The van der Waals surface area contributed by atoms with Gasteiger partial charge in [0, 0.05) is 46.9 Å². The highest BCUT2D eigenvalue weighted by Gasteiger charge is 2.52. The van der Waals surface area contributed by atoms with Gasteiger partial charge < -0.3 is 10.5 Å². The molecule has 0 aliphatic carbocycles. The van der Waals surface area contributed by atoms with Crippen LogP contribution in [0.5, 0.6) is 11.5 Å². The second-order valence-corrected chi connectivity index (χ2v) is 8.64. The molecule has 37 heavy (non-hydrogen) atoms. The summed E-state index contributed by atoms with van der Waals surface area (Å²) in [5.74, 6) is -1.12. The smallest absolute Gasteiger partial charge is 0.220 e. The number of hydrogen-bond donors (Lipinski definition) is 1. The molecule has 3 aromatic heterocycles. The number of hydrogen-bond acceptors (Lipinski definition) is 6. The van der Waals surface area contributed by atoms with Crippen molar-refractivity contribution in [1.29, 1.82) is 0 Å². The summed E-state index contributed by atoms with van der Waals surface area (Å²) in [6, 6.07) is 15.7. The van der Waals surface area contributed by atoms with E-state index in [9.17, 15) is 8.78 Å². The molecule has 1 atom stereocenters. The number of aromatic nitrogens is 4. The van der Waals surface area contributed by atoms with Crippen LogP contribution in [0.2, 0.25) is 0 Å². The number of ether oxygens (including phenoxy) is 1. The molecule has 0 bridgehead atoms. The van der Waals surface area contributed by atoms with Gasteiger partial charge in [-0.2, -0.15) is 8.78 Å². The lowest BCUT2D eigenvalue weighted by atomic mass is 9.79. The molecule has 0 unspecified atom stereocenters. The second kappa shape index (κ2) is 7.50. The molecule has 2 N–H and O–H groups in total. The zero-order chi connectivity index (χ0) is 25.3. The van der Waals surface area contributed by atoms with Gasteiger partial charge >= 0.3 is 0 Å². The van der Waals surface area contributed by atoms with Crippen LogP contribution in [0.25, 0.3) is 22.4 Å². The van der Waals surface area contributed by atoms with Gasteiger partial charge in [-0.05, 0) is 42.0 Å². The van der Waals surface area contributed by atoms with E-state index in [1.54, 1.807) is 59.3 Å². The summed E-state index contributed by atoms with van der Waals surface area (Å²) < 4.78 is 51.1. The van der Waals surface area contributed by atoms with Gasteiger partial charge in [-0.15, -0.1) is 0 Å². The zero-order valence-electron chi connectivity index (χ0n) is 18.9. The van der Waals surface area contributed by atoms with Crippen molar-refractivity contribution in [3.8, 4) is 33.9 Å². The highest BCUT2D eigenvalue weighted by atomic mass is 19.1. The second-order valence-electron chi connectivity index (χ2n) is 8.64. The van der Waals surface area contributed by atoms with Crippen LogP contribution in [0.4, 0.5) is 13.2 Å². The minimum absolute atomic E-state index is 0.0141. The number of halogens is 3. The van der Waals surface area contributed by atoms with Crippen LogP contribution < -0.4 is 10.5 Å². The van der Waals surface area contributed by atoms with Gasteiger partial charge in [-0.1, -0.05) is 18.2 Å². The van der Waals surface area contributed by atoms with Crippen molar-refractivity contribution < 1.29 is 17.9 Å². The molecule has 7 rings (SSSR count). The molecule has 5 heterocycles. The normalized spacial score (nSPS) is 17.1. The molecule has 0 amide bonds. The quantitative estimate of drug-likeness (QED) is 0.348. The summed E-state index contributed by atoms with van der Waals surface area (Å²) >= 11 is 0. The minimum Gasteiger partial charge on any atom is -0.453 e. The molecular formula is C27H15F3N6O. The molecule has 0 fully saturated rings. The van der Waals surface area contributed by atoms with Gasteiger partial charge in [0.05, 0.1) is 5.69 Å². The van der Waals surface area contributed by atoms with Crippen LogP contribution in [-0.2, 0) is 5.54 Å². The third-order valence-corrected chi connectivity index (χ3v) is 6.59. The molecule has 5 aromatic rings. The molecule has 2 aliphatic heterocycles. The van der Waals surface area contributed by atoms with Crippen molar-refractivity contribution >= 4 is 5.96 Å². The first-order chi connectivity index (χ1) is 18.0. The molecule has 0 saturated heterocycles. The Hall–Kier alpha value is -4.99. The van der Waals surface area contributed by atoms with Crippen LogP contribution in [-0.4, -0.2) is 25.5 Å². The number of imidazole rings is 1. The molecule has 10 heteroatoms. The van der Waals surface area contributed by atoms with Crippen molar-refractivity contribution in [1.82, 2.24) is 19.5 Å². The van der Waals surface area contributed by atoms with E-state index >= 15 is 4.39 Å². The lowest BCUT2D eigenvalue weighted by molar-refractivity contribution is 0.391. The molecule has 0 radical (unpaired) electrons. The Kier molecular flexibility index (Phi) is 4.32. The fraction of sp³-hybridized carbons (Fsp3) is 0.0370. The molecule has 180 valence electrons. The fourth-order valence-electron chi connectivity index (χ4n) is 4.97. The Bertz CT molecular complexity index is 1780. The predicted molar refractivity (Wildman–Crippen MR) is 128 cm³/mol. The maximum absolute atomic E-state index is 15.0. The van der Waals surface area contributed by atoms with Crippen molar-refractivity contribution in [2.24, 2.45) is 10.7 Å². The van der Waals surface area contributed by atoms with E-state index in [2.05, 4.69) is 9.97 Å².